The molecule has 1 fully saturated rings. The van der Waals surface area contributed by atoms with Gasteiger partial charge in [0.1, 0.15) is 12.1 Å². The van der Waals surface area contributed by atoms with Crippen LogP contribution in [0.2, 0.25) is 0 Å². The molecule has 2 aliphatic rings. The van der Waals surface area contributed by atoms with Gasteiger partial charge in [0, 0.05) is 25.6 Å². The van der Waals surface area contributed by atoms with E-state index in [0.29, 0.717) is 44.5 Å². The number of carboxylic acids is 1. The predicted octanol–water partition coefficient (Wildman–Crippen LogP) is 1.55. The zero-order chi connectivity index (χ0) is 26.2. The molecule has 3 amide bonds. The van der Waals surface area contributed by atoms with Gasteiger partial charge in [-0.1, -0.05) is 44.5 Å². The number of benzene rings is 1. The molecule has 1 unspecified atom stereocenters. The molecule has 5 atom stereocenters. The van der Waals surface area contributed by atoms with Crippen molar-refractivity contribution in [3.63, 3.8) is 0 Å². The van der Waals surface area contributed by atoms with Crippen molar-refractivity contribution in [3.8, 4) is 0 Å². The van der Waals surface area contributed by atoms with Gasteiger partial charge >= 0.3 is 5.97 Å². The minimum absolute atomic E-state index is 0.117. The molecule has 36 heavy (non-hydrogen) atoms. The summed E-state index contributed by atoms with van der Waals surface area (Å²) in [6.07, 6.45) is 4.38. The molecule has 2 aliphatic heterocycles. The van der Waals surface area contributed by atoms with E-state index in [2.05, 4.69) is 34.7 Å². The first kappa shape index (κ1) is 28.0. The highest BCUT2D eigenvalue weighted by atomic mass is 32.2. The molecule has 198 valence electrons. The van der Waals surface area contributed by atoms with Crippen LogP contribution in [0.15, 0.2) is 24.3 Å². The Kier molecular flexibility index (Phi) is 10.2. The second-order valence-electron chi connectivity index (χ2n) is 9.76. The second-order valence-corrected chi connectivity index (χ2v) is 10.7. The minimum Gasteiger partial charge on any atom is -0.480 e. The van der Waals surface area contributed by atoms with Crippen molar-refractivity contribution in [1.29, 1.82) is 0 Å². The van der Waals surface area contributed by atoms with Gasteiger partial charge in [-0.3, -0.25) is 19.3 Å². The highest BCUT2D eigenvalue weighted by molar-refractivity contribution is 7.98. The molecule has 3 rings (SSSR count). The van der Waals surface area contributed by atoms with E-state index < -0.39 is 24.1 Å². The Morgan fingerprint density at radius 2 is 1.92 bits per heavy atom. The number of hydrogen-bond acceptors (Lipinski definition) is 6. The Morgan fingerprint density at radius 1 is 1.19 bits per heavy atom. The molecule has 1 aromatic carbocycles. The Morgan fingerprint density at radius 3 is 2.53 bits per heavy atom. The van der Waals surface area contributed by atoms with Crippen molar-refractivity contribution in [3.05, 3.63) is 35.4 Å². The standard InChI is InChI=1S/C26H38N4O5S/c1-4-16(2)21(29-24(32)19-9-10-23(31)27-19)15-30-14-18-8-6-5-7-17(18)13-22(30)25(33)28-20(26(34)35)11-12-36-3/h5-8,16,19-22H,4,9-15H2,1-3H3,(H,27,31)(H,28,33)(H,29,32)(H,34,35)/t16-,19-,20?,21+,22-/m0/s1. The quantitative estimate of drug-likeness (QED) is 0.331. The third kappa shape index (κ3) is 7.22. The zero-order valence-corrected chi connectivity index (χ0v) is 22.1. The van der Waals surface area contributed by atoms with E-state index in [1.54, 1.807) is 11.8 Å². The number of fused-ring (bicyclic) bond motifs is 1. The molecule has 0 radical (unpaired) electrons. The molecular formula is C26H38N4O5S. The molecule has 0 bridgehead atoms. The van der Waals surface area contributed by atoms with Crippen LogP contribution >= 0.6 is 11.8 Å². The maximum absolute atomic E-state index is 13.4. The van der Waals surface area contributed by atoms with Gasteiger partial charge in [0.15, 0.2) is 0 Å². The molecule has 1 saturated heterocycles. The van der Waals surface area contributed by atoms with E-state index in [9.17, 15) is 24.3 Å². The highest BCUT2D eigenvalue weighted by Gasteiger charge is 2.36. The van der Waals surface area contributed by atoms with E-state index in [1.807, 2.05) is 30.5 Å². The van der Waals surface area contributed by atoms with Crippen LogP contribution in [-0.4, -0.2) is 76.4 Å². The predicted molar refractivity (Wildman–Crippen MR) is 139 cm³/mol. The fourth-order valence-corrected chi connectivity index (χ4v) is 5.26. The average molecular weight is 519 g/mol. The van der Waals surface area contributed by atoms with Crippen molar-refractivity contribution >= 4 is 35.5 Å². The molecule has 2 heterocycles. The SMILES string of the molecule is CC[C@H](C)[C@@H](CN1Cc2ccccc2C[C@H]1C(=O)NC(CCSC)C(=O)O)NC(=O)[C@@H]1CCC(=O)N1. The van der Waals surface area contributed by atoms with Crippen LogP contribution in [0.1, 0.15) is 50.7 Å². The Bertz CT molecular complexity index is 958. The van der Waals surface area contributed by atoms with E-state index in [4.69, 9.17) is 0 Å². The number of nitrogens with one attached hydrogen (secondary N) is 3. The molecule has 0 spiro atoms. The van der Waals surface area contributed by atoms with Crippen molar-refractivity contribution in [2.24, 2.45) is 5.92 Å². The Labute approximate surface area is 217 Å². The summed E-state index contributed by atoms with van der Waals surface area (Å²) in [6, 6.07) is 5.71. The Hall–Kier alpha value is -2.59. The first-order valence-electron chi connectivity index (χ1n) is 12.7. The summed E-state index contributed by atoms with van der Waals surface area (Å²) in [6.45, 7) is 5.09. The number of aliphatic carboxylic acids is 1. The largest absolute Gasteiger partial charge is 0.480 e. The van der Waals surface area contributed by atoms with Gasteiger partial charge in [-0.2, -0.15) is 11.8 Å². The maximum Gasteiger partial charge on any atom is 0.326 e. The van der Waals surface area contributed by atoms with E-state index >= 15 is 0 Å². The molecule has 0 saturated carbocycles. The number of carbonyl (C=O) groups is 4. The highest BCUT2D eigenvalue weighted by Crippen LogP contribution is 2.25. The molecule has 4 N–H and O–H groups in total. The number of carbonyl (C=O) groups excluding carboxylic acids is 3. The van der Waals surface area contributed by atoms with E-state index in [0.717, 1.165) is 17.5 Å². The summed E-state index contributed by atoms with van der Waals surface area (Å²) < 4.78 is 0. The van der Waals surface area contributed by atoms with E-state index in [-0.39, 0.29) is 29.7 Å². The zero-order valence-electron chi connectivity index (χ0n) is 21.3. The lowest BCUT2D eigenvalue weighted by Gasteiger charge is -2.40. The third-order valence-electron chi connectivity index (χ3n) is 7.28. The smallest absolute Gasteiger partial charge is 0.326 e. The third-order valence-corrected chi connectivity index (χ3v) is 7.92. The second kappa shape index (κ2) is 13.1. The lowest BCUT2D eigenvalue weighted by Crippen LogP contribution is -2.58. The Balaban J connectivity index is 1.80. The molecule has 1 aromatic rings. The van der Waals surface area contributed by atoms with Crippen LogP contribution in [0.25, 0.3) is 0 Å². The number of carboxylic acid groups (broad SMARTS) is 1. The summed E-state index contributed by atoms with van der Waals surface area (Å²) in [5.41, 5.74) is 2.19. The van der Waals surface area contributed by atoms with Crippen molar-refractivity contribution in [1.82, 2.24) is 20.9 Å². The number of nitrogens with zero attached hydrogens (tertiary/aromatic N) is 1. The van der Waals surface area contributed by atoms with Crippen LogP contribution in [0.4, 0.5) is 0 Å². The number of thioether (sulfide) groups is 1. The molecule has 10 heteroatoms. The lowest BCUT2D eigenvalue weighted by molar-refractivity contribution is -0.143. The fourth-order valence-electron chi connectivity index (χ4n) is 4.79. The van der Waals surface area contributed by atoms with Gasteiger partial charge in [-0.15, -0.1) is 0 Å². The number of hydrogen-bond donors (Lipinski definition) is 4. The summed E-state index contributed by atoms with van der Waals surface area (Å²) in [4.78, 5) is 51.8. The van der Waals surface area contributed by atoms with Gasteiger partial charge in [-0.25, -0.2) is 4.79 Å². The molecule has 0 aromatic heterocycles. The minimum atomic E-state index is -1.04. The monoisotopic (exact) mass is 518 g/mol. The summed E-state index contributed by atoms with van der Waals surface area (Å²) in [7, 11) is 0. The topological polar surface area (TPSA) is 128 Å². The van der Waals surface area contributed by atoms with Crippen molar-refractivity contribution in [2.75, 3.05) is 18.6 Å². The summed E-state index contributed by atoms with van der Waals surface area (Å²) in [5.74, 6) is -0.894. The first-order chi connectivity index (χ1) is 17.2. The molecule has 0 aliphatic carbocycles. The molecule has 9 nitrogen and oxygen atoms in total. The van der Waals surface area contributed by atoms with Gasteiger partial charge in [0.25, 0.3) is 0 Å². The number of rotatable bonds is 12. The normalized spacial score (nSPS) is 22.1. The summed E-state index contributed by atoms with van der Waals surface area (Å²) in [5, 5.41) is 18.2. The van der Waals surface area contributed by atoms with Gasteiger partial charge in [-0.05, 0) is 48.3 Å². The van der Waals surface area contributed by atoms with Crippen LogP contribution in [0.3, 0.4) is 0 Å². The fraction of sp³-hybridized carbons (Fsp3) is 0.615. The van der Waals surface area contributed by atoms with Gasteiger partial charge < -0.3 is 21.1 Å². The summed E-state index contributed by atoms with van der Waals surface area (Å²) >= 11 is 1.54. The van der Waals surface area contributed by atoms with Gasteiger partial charge in [0.2, 0.25) is 17.7 Å². The average Bonchev–Trinajstić information content (AvgIpc) is 3.31. The van der Waals surface area contributed by atoms with Crippen LogP contribution in [-0.2, 0) is 32.1 Å². The van der Waals surface area contributed by atoms with Crippen LogP contribution in [0.5, 0.6) is 0 Å². The van der Waals surface area contributed by atoms with E-state index in [1.165, 1.54) is 0 Å². The van der Waals surface area contributed by atoms with Gasteiger partial charge in [0.05, 0.1) is 6.04 Å². The van der Waals surface area contributed by atoms with Crippen LogP contribution < -0.4 is 16.0 Å². The first-order valence-corrected chi connectivity index (χ1v) is 14.1. The van der Waals surface area contributed by atoms with Crippen LogP contribution in [0, 0.1) is 5.92 Å². The van der Waals surface area contributed by atoms with Crippen molar-refractivity contribution < 1.29 is 24.3 Å². The lowest BCUT2D eigenvalue weighted by atomic mass is 9.91. The number of amides is 3. The maximum atomic E-state index is 13.4. The van der Waals surface area contributed by atoms with Crippen molar-refractivity contribution in [2.45, 2.75) is 76.7 Å². The molecular weight excluding hydrogens is 480 g/mol.